The lowest BCUT2D eigenvalue weighted by Gasteiger charge is -2.27. The molecule has 0 aliphatic heterocycles. The largest absolute Gasteiger partial charge is 1.00 e. The lowest BCUT2D eigenvalue weighted by Crippen LogP contribution is -3.00. The maximum atomic E-state index is 12.3. The molecule has 0 saturated heterocycles. The molecule has 45 nitrogen and oxygen atoms in total. The van der Waals surface area contributed by atoms with Gasteiger partial charge in [0.05, 0.1) is 89.1 Å². The van der Waals surface area contributed by atoms with Crippen LogP contribution in [0.2, 0.25) is 0 Å². The number of amides is 8. The van der Waals surface area contributed by atoms with Crippen LogP contribution in [0, 0.1) is 70.5 Å². The molecule has 11 unspecified atom stereocenters. The van der Waals surface area contributed by atoms with Crippen molar-refractivity contribution >= 4 is 270 Å². The van der Waals surface area contributed by atoms with Crippen LogP contribution in [0.1, 0.15) is 152 Å². The van der Waals surface area contributed by atoms with Gasteiger partial charge in [0.25, 0.3) is 0 Å². The number of hydrogen-bond donors (Lipinski definition) is 20. The number of aliphatic carboxylic acids is 7. The Kier molecular flexibility index (Phi) is 95.3. The average molecular weight is 2380 g/mol. The fraction of sp³-hybridized carbons (Fsp3) is 0.598. The number of carboxylic acid groups (broad SMARTS) is 7. The third kappa shape index (κ3) is 89.7. The van der Waals surface area contributed by atoms with Crippen LogP contribution in [0.3, 0.4) is 0 Å². The minimum absolute atomic E-state index is 0. The van der Waals surface area contributed by atoms with Crippen LogP contribution in [-0.4, -0.2) is 335 Å². The number of rotatable bonds is 59. The second-order valence-electron chi connectivity index (χ2n) is 34.8. The molecule has 1 rings (SSSR count). The zero-order valence-corrected chi connectivity index (χ0v) is 97.6. The van der Waals surface area contributed by atoms with Crippen LogP contribution in [-0.2, 0) is 101 Å². The normalized spacial score (nSPS) is 12.8. The zero-order chi connectivity index (χ0) is 117. The van der Waals surface area contributed by atoms with Gasteiger partial charge in [-0.3, -0.25) is 81.5 Å². The summed E-state index contributed by atoms with van der Waals surface area (Å²) < 4.78 is 20.0. The first-order valence-electron chi connectivity index (χ1n) is 44.4. The van der Waals surface area contributed by atoms with E-state index in [0.29, 0.717) is 39.0 Å². The van der Waals surface area contributed by atoms with Gasteiger partial charge in [0.1, 0.15) is 61.4 Å². The van der Waals surface area contributed by atoms with E-state index >= 15 is 0 Å². The molecule has 11 atom stereocenters. The molecule has 0 bridgehead atoms. The molecule has 150 heavy (non-hydrogen) atoms. The summed E-state index contributed by atoms with van der Waals surface area (Å²) in [5, 5.41) is 109. The Morgan fingerprint density at radius 3 is 1.04 bits per heavy atom. The summed E-state index contributed by atoms with van der Waals surface area (Å²) in [6, 6.07) is 6.45. The number of quaternary nitrogens is 1. The van der Waals surface area contributed by atoms with Crippen molar-refractivity contribution in [3.8, 4) is 5.75 Å². The van der Waals surface area contributed by atoms with E-state index in [-0.39, 0.29) is 171 Å². The summed E-state index contributed by atoms with van der Waals surface area (Å²) in [5.74, 6) is -19.2. The van der Waals surface area contributed by atoms with E-state index in [9.17, 15) is 106 Å². The van der Waals surface area contributed by atoms with Gasteiger partial charge in [0, 0.05) is 100 Å². The van der Waals surface area contributed by atoms with Crippen molar-refractivity contribution in [3.63, 3.8) is 0 Å². The number of thiocarbonyl (C=S) groups is 4. The van der Waals surface area contributed by atoms with E-state index < -0.39 is 163 Å². The number of benzene rings is 1. The number of ketones is 1. The molecule has 29 N–H and O–H groups in total. The van der Waals surface area contributed by atoms with Gasteiger partial charge < -0.3 is 148 Å². The van der Waals surface area contributed by atoms with Crippen molar-refractivity contribution in [1.82, 2.24) is 5.32 Å². The number of Topliss-reactive ketones (excluding diaryl/α,β-unsaturated/α-hetero) is 1. The summed E-state index contributed by atoms with van der Waals surface area (Å²) in [7, 11) is 6.40. The van der Waals surface area contributed by atoms with Gasteiger partial charge in [-0.15, -0.1) is 70.6 Å². The number of carbonyl (C=O) groups excluding carboxylic acids is 12. The second-order valence-corrected chi connectivity index (χ2v) is 49.0. The predicted molar refractivity (Wildman–Crippen MR) is 598 cm³/mol. The Hall–Kier alpha value is -8.72. The Labute approximate surface area is 936 Å². The molecule has 1 aromatic carbocycles. The summed E-state index contributed by atoms with van der Waals surface area (Å²) in [5.41, 5.74) is 34.6. The van der Waals surface area contributed by atoms with Crippen LogP contribution in [0.4, 0.5) is 0 Å². The molecule has 0 aliphatic rings. The highest BCUT2D eigenvalue weighted by molar-refractivity contribution is 8.49. The molecular weight excluding hydrogens is 2230 g/mol. The van der Waals surface area contributed by atoms with Gasteiger partial charge in [0.2, 0.25) is 47.3 Å². The predicted octanol–water partition coefficient (Wildman–Crippen LogP) is 2.83. The number of ether oxygens (including phenoxy) is 4. The number of primary amides is 7. The number of carbonyl (C=O) groups is 19. The van der Waals surface area contributed by atoms with Gasteiger partial charge in [-0.1, -0.05) is 133 Å². The Bertz CT molecular complexity index is 4370. The fourth-order valence-corrected chi connectivity index (χ4v) is 20.2. The lowest BCUT2D eigenvalue weighted by molar-refractivity contribution is -0.870. The number of nitrogens with zero attached hydrogens (tertiary/aromatic N) is 1. The number of carboxylic acids is 7. The highest BCUT2D eigenvalue weighted by atomic mass is 35.5. The van der Waals surface area contributed by atoms with Crippen LogP contribution in [0.25, 0.3) is 0 Å². The molecule has 0 radical (unpaired) electrons. The first kappa shape index (κ1) is 161. The Balaban J connectivity index is -0.000000198. The lowest BCUT2D eigenvalue weighted by atomic mass is 9.79. The number of aliphatic hydroxyl groups excluding tert-OH is 4. The van der Waals surface area contributed by atoms with E-state index in [2.05, 4.69) is 63.2 Å². The van der Waals surface area contributed by atoms with Crippen LogP contribution < -0.4 is 62.6 Å². The number of esters is 3. The number of halogens is 1. The first-order chi connectivity index (χ1) is 67.9. The van der Waals surface area contributed by atoms with Crippen molar-refractivity contribution in [1.29, 1.82) is 0 Å². The van der Waals surface area contributed by atoms with Crippen LogP contribution in [0.15, 0.2) is 74.4 Å². The Morgan fingerprint density at radius 1 is 0.440 bits per heavy atom. The number of hydrogen-bond acceptors (Lipinski definition) is 40. The highest BCUT2D eigenvalue weighted by Crippen LogP contribution is 2.38. The van der Waals surface area contributed by atoms with E-state index in [0.717, 1.165) is 83.2 Å². The third-order valence-electron chi connectivity index (χ3n) is 18.3. The number of thioether (sulfide) groups is 8. The second kappa shape index (κ2) is 88.6. The first-order valence-corrected chi connectivity index (χ1v) is 53.6. The molecule has 860 valence electrons. The van der Waals surface area contributed by atoms with Gasteiger partial charge >= 0.3 is 59.7 Å². The van der Waals surface area contributed by atoms with E-state index in [4.69, 9.17) is 143 Å². The summed E-state index contributed by atoms with van der Waals surface area (Å²) >= 11 is 29.8. The maximum Gasteiger partial charge on any atom is 0.333 e. The molecule has 1 aromatic rings. The van der Waals surface area contributed by atoms with Crippen molar-refractivity contribution in [2.75, 3.05) is 122 Å². The molecule has 58 heteroatoms. The molecule has 8 amide bonds. The topological polar surface area (TPSA) is 830 Å². The smallest absolute Gasteiger partial charge is 0.333 e. The fourth-order valence-electron chi connectivity index (χ4n) is 9.41. The average Bonchev–Trinajstić information content (AvgIpc) is 0.859. The molecule has 0 spiro atoms. The van der Waals surface area contributed by atoms with Gasteiger partial charge in [-0.05, 0) is 137 Å². The molecule has 0 saturated carbocycles. The summed E-state index contributed by atoms with van der Waals surface area (Å²) in [6.07, 6.45) is 3.82. The number of aliphatic hydroxyl groups is 5. The maximum absolute atomic E-state index is 12.3. The van der Waals surface area contributed by atoms with E-state index in [1.54, 1.807) is 45.0 Å². The molecular formula is C92H152ClN9O36S12. The van der Waals surface area contributed by atoms with Crippen LogP contribution >= 0.6 is 143 Å². The summed E-state index contributed by atoms with van der Waals surface area (Å²) in [4.78, 5) is 212. The van der Waals surface area contributed by atoms with Crippen molar-refractivity contribution in [3.05, 3.63) is 79.9 Å². The minimum atomic E-state index is -1.37. The van der Waals surface area contributed by atoms with E-state index in [1.165, 1.54) is 129 Å². The molecule has 0 heterocycles. The quantitative estimate of drug-likeness (QED) is 0.00848. The number of nitrogens with two attached hydrogens (primary N) is 7. The van der Waals surface area contributed by atoms with E-state index in [1.807, 2.05) is 0 Å². The molecule has 0 aromatic heterocycles. The van der Waals surface area contributed by atoms with Crippen molar-refractivity contribution in [2.24, 2.45) is 111 Å². The Morgan fingerprint density at radius 2 is 0.760 bits per heavy atom. The van der Waals surface area contributed by atoms with Crippen LogP contribution in [0.5, 0.6) is 5.75 Å². The molecule has 0 fully saturated rings. The van der Waals surface area contributed by atoms with Gasteiger partial charge in [-0.25, -0.2) is 9.59 Å². The summed E-state index contributed by atoms with van der Waals surface area (Å²) in [6.45, 7) is 35.0. The standard InChI is InChI=1S/C26H42N2O12S3.C15H24N2O6S3.C12H16O4.C9H16N2O2S3.C9H18N2O.C9H14O4S3.C6H10O3.C3H5NO.C3H4O2.ClH.H2O/c1-14(23(37)39-6-4-29)8-15(21(33)34)9-17(19(27)31)12-42-25(41)43-13-18(20(28)32)10-16(22(35)36)11-26(2,3)24(38)40-7-5-30;1-7(13(20)21)3-9(11(16)18)5-25-15(24)26-6-10(12(17)19)4-8(2)14(22)23;1-12(2,15)11(14)9-3-5-10(6-4-9)16-8-7-13;1-5(7(10)12)3-15-9(14)16-4-6(2)8(11)13;1-5-9(12)10-7-6-8-11(2,3)4;1-8(2,5(10)11)15-7(14)16-9(3,4)6(12)13;1-5(2)6(8)9-4-3-7;2*1-2-3(4)5;;/h14-18,29-30H,4-13H2,1-3H3,(H2,27,31)(H2,28,32)(H,33,34)(H,35,36);7-10H,3-6H2,1-2H3,(H2,16,18)(H2,17,19)(H,20,21)(H,22,23);3-6,13,15H,7-8H2,1-2H3;5-6H,3-4H2,1-2H3,(H2,10,12)(H2,11,13);5H,1,6-8H2,2-4H3;1-4H3,(H,10,11)(H,12,13);7H,1,3-4H2,2H3;2H,1H2,(H2,4,5);2H,1H2,(H,4,5);1H;1H2. The van der Waals surface area contributed by atoms with Crippen molar-refractivity contribution in [2.45, 2.75) is 157 Å². The number of nitrogens with one attached hydrogen (secondary N) is 1. The SMILES string of the molecule is C=C(C)C(=O)OCCO.C=CC(=O)NCCC[N+](C)(C)C.C=CC(=O)O.C=CC(N)=O.CC(C)(O)C(=O)c1ccc(OCCO)cc1.CC(C)(SC(=S)SC(C)(C)C(=O)O)C(=O)O.CC(CC(CC(CSC(=S)SCC(CC(CC(C)(C)C(=O)OCCO)C(=O)O)C(N)=O)C(N)=O)C(=O)O)C(=O)OCCO.CC(CC(CSC(=S)SCC(CC(C)C(=O)O)C(N)=O)C(N)=O)C(=O)O.CC(CSC(=S)SCC(C)C(N)=O)C(N)=O.O.[Cl-]. The van der Waals surface area contributed by atoms with Crippen molar-refractivity contribution < 1.29 is 194 Å². The molecule has 0 aliphatic carbocycles. The zero-order valence-electron chi connectivity index (χ0n) is 87.0. The minimum Gasteiger partial charge on any atom is -1.00 e. The van der Waals surface area contributed by atoms with Gasteiger partial charge in [-0.2, -0.15) is 0 Å². The highest BCUT2D eigenvalue weighted by Gasteiger charge is 2.39. The third-order valence-corrected chi connectivity index (χ3v) is 30.3. The monoisotopic (exact) mass is 2380 g/mol. The van der Waals surface area contributed by atoms with Gasteiger partial charge in [0.15, 0.2) is 5.78 Å².